The van der Waals surface area contributed by atoms with E-state index in [0.717, 1.165) is 0 Å². The lowest BCUT2D eigenvalue weighted by Gasteiger charge is -2.15. The minimum atomic E-state index is -2.96. The number of alkyl halides is 2. The van der Waals surface area contributed by atoms with Crippen molar-refractivity contribution in [1.82, 2.24) is 0 Å². The number of nitriles is 1. The molecule has 1 rings (SSSR count). The molecule has 0 amide bonds. The van der Waals surface area contributed by atoms with Crippen LogP contribution in [0.4, 0.5) is 14.5 Å². The highest BCUT2D eigenvalue weighted by atomic mass is 19.3. The monoisotopic (exact) mass is 211 g/mol. The zero-order valence-corrected chi connectivity index (χ0v) is 8.00. The van der Waals surface area contributed by atoms with E-state index in [0.29, 0.717) is 11.3 Å². The Balaban J connectivity index is 2.70. The predicted molar refractivity (Wildman–Crippen MR) is 53.6 cm³/mol. The summed E-state index contributed by atoms with van der Waals surface area (Å²) in [7, 11) is 0. The molecule has 0 unspecified atom stereocenters. The van der Waals surface area contributed by atoms with Gasteiger partial charge >= 0.3 is 0 Å². The summed E-state index contributed by atoms with van der Waals surface area (Å²) in [5.74, 6) is -2.96. The average molecular weight is 211 g/mol. The molecule has 0 spiro atoms. The number of nitrogens with two attached hydrogens (primary N) is 1. The maximum absolute atomic E-state index is 12.8. The Morgan fingerprint density at radius 3 is 2.67 bits per heavy atom. The highest BCUT2D eigenvalue weighted by Crippen LogP contribution is 2.17. The summed E-state index contributed by atoms with van der Waals surface area (Å²) in [5.41, 5.74) is 5.62. The molecule has 0 bridgehead atoms. The minimum absolute atomic E-state index is 0.338. The van der Waals surface area contributed by atoms with Crippen molar-refractivity contribution in [3.05, 3.63) is 29.8 Å². The molecule has 0 saturated heterocycles. The topological polar surface area (TPSA) is 61.8 Å². The Kier molecular flexibility index (Phi) is 3.58. The second-order valence-corrected chi connectivity index (χ2v) is 3.07. The molecule has 0 aliphatic rings. The lowest BCUT2D eigenvalue weighted by molar-refractivity contribution is 0.0254. The lowest BCUT2D eigenvalue weighted by atomic mass is 10.2. The first kappa shape index (κ1) is 11.4. The third kappa shape index (κ3) is 3.18. The van der Waals surface area contributed by atoms with E-state index in [-0.39, 0.29) is 0 Å². The average Bonchev–Trinajstić information content (AvgIpc) is 2.27. The fourth-order valence-corrected chi connectivity index (χ4v) is 1.03. The highest BCUT2D eigenvalue weighted by Gasteiger charge is 2.26. The number of rotatable bonds is 4. The van der Waals surface area contributed by atoms with Crippen LogP contribution in [0.3, 0.4) is 0 Å². The van der Waals surface area contributed by atoms with Crippen LogP contribution in [0.15, 0.2) is 24.3 Å². The number of hydrogen-bond acceptors (Lipinski definition) is 3. The van der Waals surface area contributed by atoms with Crippen LogP contribution in [0, 0.1) is 11.3 Å². The SMILES string of the molecule is N#Cc1ccccc1NCC(F)(F)CN. The van der Waals surface area contributed by atoms with Gasteiger partial charge in [0.2, 0.25) is 0 Å². The van der Waals surface area contributed by atoms with Gasteiger partial charge in [-0.3, -0.25) is 0 Å². The quantitative estimate of drug-likeness (QED) is 0.794. The molecule has 0 saturated carbocycles. The maximum atomic E-state index is 12.8. The van der Waals surface area contributed by atoms with Crippen molar-refractivity contribution < 1.29 is 8.78 Å². The first-order valence-corrected chi connectivity index (χ1v) is 4.40. The van der Waals surface area contributed by atoms with Gasteiger partial charge in [-0.1, -0.05) is 12.1 Å². The van der Waals surface area contributed by atoms with Gasteiger partial charge in [0, 0.05) is 0 Å². The van der Waals surface area contributed by atoms with E-state index in [2.05, 4.69) is 5.32 Å². The van der Waals surface area contributed by atoms with E-state index in [1.165, 1.54) is 0 Å². The standard InChI is InChI=1S/C10H11F2N3/c11-10(12,6-14)7-15-9-4-2-1-3-8(9)5-13/h1-4,15H,6-7,14H2. The second-order valence-electron chi connectivity index (χ2n) is 3.07. The van der Waals surface area contributed by atoms with Crippen molar-refractivity contribution in [3.8, 4) is 6.07 Å². The summed E-state index contributed by atoms with van der Waals surface area (Å²) in [6.45, 7) is -1.28. The van der Waals surface area contributed by atoms with Crippen LogP contribution in [0.25, 0.3) is 0 Å². The summed E-state index contributed by atoms with van der Waals surface area (Å²) in [6.07, 6.45) is 0. The van der Waals surface area contributed by atoms with Crippen molar-refractivity contribution in [2.24, 2.45) is 5.73 Å². The van der Waals surface area contributed by atoms with Crippen LogP contribution < -0.4 is 11.1 Å². The van der Waals surface area contributed by atoms with Crippen molar-refractivity contribution in [3.63, 3.8) is 0 Å². The Morgan fingerprint density at radius 2 is 2.07 bits per heavy atom. The smallest absolute Gasteiger partial charge is 0.276 e. The fraction of sp³-hybridized carbons (Fsp3) is 0.300. The van der Waals surface area contributed by atoms with Gasteiger partial charge in [-0.25, -0.2) is 8.78 Å². The minimum Gasteiger partial charge on any atom is -0.378 e. The molecule has 0 aromatic heterocycles. The number of nitrogens with zero attached hydrogens (tertiary/aromatic N) is 1. The van der Waals surface area contributed by atoms with Gasteiger partial charge in [0.25, 0.3) is 5.92 Å². The van der Waals surface area contributed by atoms with Crippen LogP contribution in [0.5, 0.6) is 0 Å². The molecule has 80 valence electrons. The summed E-state index contributed by atoms with van der Waals surface area (Å²) in [4.78, 5) is 0. The predicted octanol–water partition coefficient (Wildman–Crippen LogP) is 1.56. The molecule has 3 nitrogen and oxygen atoms in total. The van der Waals surface area contributed by atoms with E-state index >= 15 is 0 Å². The molecular formula is C10H11F2N3. The largest absolute Gasteiger partial charge is 0.378 e. The third-order valence-corrected chi connectivity index (χ3v) is 1.88. The number of benzene rings is 1. The fourth-order valence-electron chi connectivity index (χ4n) is 1.03. The Hall–Kier alpha value is -1.67. The third-order valence-electron chi connectivity index (χ3n) is 1.88. The molecule has 1 aromatic carbocycles. The Morgan fingerprint density at radius 1 is 1.40 bits per heavy atom. The summed E-state index contributed by atoms with van der Waals surface area (Å²) < 4.78 is 25.6. The lowest BCUT2D eigenvalue weighted by Crippen LogP contribution is -2.35. The van der Waals surface area contributed by atoms with Crippen molar-refractivity contribution in [2.45, 2.75) is 5.92 Å². The molecule has 0 aliphatic heterocycles. The Bertz CT molecular complexity index is 371. The van der Waals surface area contributed by atoms with E-state index in [9.17, 15) is 8.78 Å². The van der Waals surface area contributed by atoms with Gasteiger partial charge in [0.1, 0.15) is 6.07 Å². The van der Waals surface area contributed by atoms with Gasteiger partial charge in [0.05, 0.1) is 24.3 Å². The first-order valence-electron chi connectivity index (χ1n) is 4.40. The van der Waals surface area contributed by atoms with Gasteiger partial charge in [-0.15, -0.1) is 0 Å². The van der Waals surface area contributed by atoms with Crippen molar-refractivity contribution >= 4 is 5.69 Å². The number of para-hydroxylation sites is 1. The second kappa shape index (κ2) is 4.71. The van der Waals surface area contributed by atoms with Crippen LogP contribution in [0.1, 0.15) is 5.56 Å². The molecule has 3 N–H and O–H groups in total. The number of nitrogens with one attached hydrogen (secondary N) is 1. The number of halogens is 2. The molecule has 1 aromatic rings. The van der Waals surface area contributed by atoms with E-state index in [1.807, 2.05) is 6.07 Å². The van der Waals surface area contributed by atoms with E-state index in [1.54, 1.807) is 24.3 Å². The zero-order valence-electron chi connectivity index (χ0n) is 8.00. The van der Waals surface area contributed by atoms with Crippen molar-refractivity contribution in [2.75, 3.05) is 18.4 Å². The first-order chi connectivity index (χ1) is 7.09. The molecule has 0 atom stereocenters. The number of anilines is 1. The number of hydrogen-bond donors (Lipinski definition) is 2. The van der Waals surface area contributed by atoms with Gasteiger partial charge in [-0.05, 0) is 12.1 Å². The molecule has 0 aliphatic carbocycles. The van der Waals surface area contributed by atoms with Gasteiger partial charge in [0.15, 0.2) is 0 Å². The zero-order chi connectivity index (χ0) is 11.3. The molecule has 5 heteroatoms. The molecule has 0 radical (unpaired) electrons. The van der Waals surface area contributed by atoms with E-state index in [4.69, 9.17) is 11.0 Å². The normalized spacial score (nSPS) is 10.8. The summed E-state index contributed by atoms with van der Waals surface area (Å²) in [5, 5.41) is 11.2. The van der Waals surface area contributed by atoms with Crippen LogP contribution >= 0.6 is 0 Å². The van der Waals surface area contributed by atoms with Crippen LogP contribution in [-0.2, 0) is 0 Å². The van der Waals surface area contributed by atoms with E-state index < -0.39 is 19.0 Å². The van der Waals surface area contributed by atoms with Gasteiger partial charge in [-0.2, -0.15) is 5.26 Å². The molecule has 15 heavy (non-hydrogen) atoms. The highest BCUT2D eigenvalue weighted by molar-refractivity contribution is 5.57. The maximum Gasteiger partial charge on any atom is 0.276 e. The summed E-state index contributed by atoms with van der Waals surface area (Å²) in [6, 6.07) is 8.39. The molecule has 0 heterocycles. The van der Waals surface area contributed by atoms with Crippen LogP contribution in [0.2, 0.25) is 0 Å². The summed E-state index contributed by atoms with van der Waals surface area (Å²) >= 11 is 0. The molecule has 0 fully saturated rings. The Labute approximate surface area is 86.5 Å². The van der Waals surface area contributed by atoms with Gasteiger partial charge < -0.3 is 11.1 Å². The molecular weight excluding hydrogens is 200 g/mol. The van der Waals surface area contributed by atoms with Crippen molar-refractivity contribution in [1.29, 1.82) is 5.26 Å². The van der Waals surface area contributed by atoms with Crippen LogP contribution in [-0.4, -0.2) is 19.0 Å².